The zero-order valence-corrected chi connectivity index (χ0v) is 16.9. The SMILES string of the molecule is O=C(O)C1CC(c2ccc(C(F)(F)F)cc2)CN(C(=O)N2CCC3(CC2)OCCO3)C1. The van der Waals surface area contributed by atoms with E-state index in [-0.39, 0.29) is 31.5 Å². The lowest BCUT2D eigenvalue weighted by Crippen LogP contribution is -2.54. The number of likely N-dealkylation sites (tertiary alicyclic amines) is 2. The first-order valence-corrected chi connectivity index (χ1v) is 10.4. The zero-order chi connectivity index (χ0) is 22.2. The average molecular weight is 442 g/mol. The van der Waals surface area contributed by atoms with E-state index in [0.717, 1.165) is 12.1 Å². The number of rotatable bonds is 2. The number of benzene rings is 1. The second-order valence-corrected chi connectivity index (χ2v) is 8.37. The van der Waals surface area contributed by atoms with Crippen LogP contribution in [0.1, 0.15) is 36.3 Å². The fraction of sp³-hybridized carbons (Fsp3) is 0.619. The molecule has 3 aliphatic rings. The van der Waals surface area contributed by atoms with Crippen LogP contribution < -0.4 is 0 Å². The highest BCUT2D eigenvalue weighted by Gasteiger charge is 2.43. The molecule has 10 heteroatoms. The highest BCUT2D eigenvalue weighted by atomic mass is 19.4. The fourth-order valence-corrected chi connectivity index (χ4v) is 4.64. The lowest BCUT2D eigenvalue weighted by atomic mass is 9.84. The number of piperidine rings is 2. The van der Waals surface area contributed by atoms with Crippen molar-refractivity contribution in [2.24, 2.45) is 5.92 Å². The normalized spacial score (nSPS) is 26.3. The molecule has 0 bridgehead atoms. The highest BCUT2D eigenvalue weighted by Crippen LogP contribution is 2.35. The third-order valence-electron chi connectivity index (χ3n) is 6.39. The van der Waals surface area contributed by atoms with Crippen LogP contribution in [-0.4, -0.2) is 72.1 Å². The number of hydrogen-bond donors (Lipinski definition) is 1. The molecule has 0 aliphatic carbocycles. The second kappa shape index (κ2) is 8.31. The van der Waals surface area contributed by atoms with Crippen LogP contribution in [0.2, 0.25) is 0 Å². The average Bonchev–Trinajstić information content (AvgIpc) is 3.21. The number of amides is 2. The first-order valence-electron chi connectivity index (χ1n) is 10.4. The Morgan fingerprint density at radius 2 is 1.61 bits per heavy atom. The van der Waals surface area contributed by atoms with Gasteiger partial charge in [0.1, 0.15) is 0 Å². The summed E-state index contributed by atoms with van der Waals surface area (Å²) in [6, 6.07) is 4.49. The maximum absolute atomic E-state index is 13.1. The van der Waals surface area contributed by atoms with Gasteiger partial charge in [-0.05, 0) is 24.1 Å². The third kappa shape index (κ3) is 4.64. The van der Waals surface area contributed by atoms with E-state index in [1.165, 1.54) is 17.0 Å². The van der Waals surface area contributed by atoms with Crippen LogP contribution in [0.5, 0.6) is 0 Å². The maximum atomic E-state index is 13.1. The predicted molar refractivity (Wildman–Crippen MR) is 102 cm³/mol. The van der Waals surface area contributed by atoms with Crippen molar-refractivity contribution in [1.82, 2.24) is 9.80 Å². The molecule has 0 radical (unpaired) electrons. The Labute approximate surface area is 177 Å². The Balaban J connectivity index is 1.46. The molecule has 7 nitrogen and oxygen atoms in total. The monoisotopic (exact) mass is 442 g/mol. The van der Waals surface area contributed by atoms with Crippen LogP contribution in [0, 0.1) is 5.92 Å². The molecule has 3 saturated heterocycles. The minimum absolute atomic E-state index is 0.0833. The first kappa shape index (κ1) is 21.9. The van der Waals surface area contributed by atoms with Crippen LogP contribution in [0.4, 0.5) is 18.0 Å². The van der Waals surface area contributed by atoms with Gasteiger partial charge in [0.05, 0.1) is 24.7 Å². The molecule has 4 rings (SSSR count). The van der Waals surface area contributed by atoms with Gasteiger partial charge < -0.3 is 24.4 Å². The van der Waals surface area contributed by atoms with Crippen LogP contribution in [-0.2, 0) is 20.4 Å². The summed E-state index contributed by atoms with van der Waals surface area (Å²) in [5, 5.41) is 9.57. The van der Waals surface area contributed by atoms with Gasteiger partial charge in [-0.15, -0.1) is 0 Å². The number of ether oxygens (including phenoxy) is 2. The molecular weight excluding hydrogens is 417 g/mol. The fourth-order valence-electron chi connectivity index (χ4n) is 4.64. The minimum Gasteiger partial charge on any atom is -0.481 e. The summed E-state index contributed by atoms with van der Waals surface area (Å²) in [4.78, 5) is 28.0. The molecule has 2 atom stereocenters. The molecule has 31 heavy (non-hydrogen) atoms. The number of aliphatic carboxylic acids is 1. The summed E-state index contributed by atoms with van der Waals surface area (Å²) in [6.07, 6.45) is -3.06. The summed E-state index contributed by atoms with van der Waals surface area (Å²) in [5.74, 6) is -2.76. The van der Waals surface area contributed by atoms with Crippen LogP contribution >= 0.6 is 0 Å². The number of nitrogens with zero attached hydrogens (tertiary/aromatic N) is 2. The second-order valence-electron chi connectivity index (χ2n) is 8.37. The standard InChI is InChI=1S/C21H25F3N2O5/c22-21(23,24)17-3-1-14(2-4-17)15-11-16(18(27)28)13-26(12-15)19(29)25-7-5-20(6-8-25)30-9-10-31-20/h1-4,15-16H,5-13H2,(H,27,28). The Hall–Kier alpha value is -2.33. The molecule has 1 aromatic carbocycles. The van der Waals surface area contributed by atoms with Gasteiger partial charge >= 0.3 is 18.2 Å². The Kier molecular flexibility index (Phi) is 5.87. The molecule has 2 amide bonds. The topological polar surface area (TPSA) is 79.3 Å². The van der Waals surface area contributed by atoms with E-state index in [2.05, 4.69) is 0 Å². The molecule has 3 fully saturated rings. The third-order valence-corrected chi connectivity index (χ3v) is 6.39. The Bertz CT molecular complexity index is 813. The number of alkyl halides is 3. The number of urea groups is 1. The van der Waals surface area contributed by atoms with Gasteiger partial charge in [0, 0.05) is 44.9 Å². The molecular formula is C21H25F3N2O5. The van der Waals surface area contributed by atoms with Crippen molar-refractivity contribution in [2.45, 2.75) is 37.1 Å². The molecule has 0 saturated carbocycles. The van der Waals surface area contributed by atoms with Crippen molar-refractivity contribution < 1.29 is 37.3 Å². The lowest BCUT2D eigenvalue weighted by molar-refractivity contribution is -0.182. The van der Waals surface area contributed by atoms with Gasteiger partial charge in [-0.25, -0.2) is 4.79 Å². The molecule has 1 N–H and O–H groups in total. The zero-order valence-electron chi connectivity index (χ0n) is 16.9. The summed E-state index contributed by atoms with van der Waals surface area (Å²) < 4.78 is 49.9. The van der Waals surface area contributed by atoms with E-state index in [1.54, 1.807) is 4.90 Å². The van der Waals surface area contributed by atoms with Crippen molar-refractivity contribution in [3.8, 4) is 0 Å². The first-order chi connectivity index (χ1) is 14.7. The van der Waals surface area contributed by atoms with Gasteiger partial charge in [0.2, 0.25) is 0 Å². The van der Waals surface area contributed by atoms with E-state index in [0.29, 0.717) is 44.7 Å². The summed E-state index contributed by atoms with van der Waals surface area (Å²) in [5.41, 5.74) is -0.157. The maximum Gasteiger partial charge on any atom is 0.416 e. The van der Waals surface area contributed by atoms with Crippen molar-refractivity contribution >= 4 is 12.0 Å². The van der Waals surface area contributed by atoms with Crippen molar-refractivity contribution in [1.29, 1.82) is 0 Å². The van der Waals surface area contributed by atoms with Gasteiger partial charge in [0.25, 0.3) is 0 Å². The Morgan fingerprint density at radius 1 is 1.00 bits per heavy atom. The van der Waals surface area contributed by atoms with Gasteiger partial charge in [-0.1, -0.05) is 12.1 Å². The number of halogens is 3. The predicted octanol–water partition coefficient (Wildman–Crippen LogP) is 3.15. The summed E-state index contributed by atoms with van der Waals surface area (Å²) in [7, 11) is 0. The molecule has 1 aromatic rings. The molecule has 2 unspecified atom stereocenters. The van der Waals surface area contributed by atoms with Crippen LogP contribution in [0.3, 0.4) is 0 Å². The van der Waals surface area contributed by atoms with Crippen molar-refractivity contribution in [3.63, 3.8) is 0 Å². The quantitative estimate of drug-likeness (QED) is 0.761. The van der Waals surface area contributed by atoms with E-state index < -0.39 is 29.4 Å². The number of carboxylic acid groups (broad SMARTS) is 1. The molecule has 170 valence electrons. The summed E-state index contributed by atoms with van der Waals surface area (Å²) in [6.45, 7) is 2.31. The van der Waals surface area contributed by atoms with Gasteiger partial charge in [-0.2, -0.15) is 13.2 Å². The van der Waals surface area contributed by atoms with Crippen molar-refractivity contribution in [2.75, 3.05) is 39.4 Å². The van der Waals surface area contributed by atoms with E-state index in [9.17, 15) is 27.9 Å². The van der Waals surface area contributed by atoms with Crippen LogP contribution in [0.25, 0.3) is 0 Å². The lowest BCUT2D eigenvalue weighted by Gasteiger charge is -2.42. The van der Waals surface area contributed by atoms with E-state index in [4.69, 9.17) is 9.47 Å². The number of carbonyl (C=O) groups excluding carboxylic acids is 1. The van der Waals surface area contributed by atoms with Crippen molar-refractivity contribution in [3.05, 3.63) is 35.4 Å². The van der Waals surface area contributed by atoms with E-state index >= 15 is 0 Å². The largest absolute Gasteiger partial charge is 0.481 e. The summed E-state index contributed by atoms with van der Waals surface area (Å²) >= 11 is 0. The van der Waals surface area contributed by atoms with Crippen LogP contribution in [0.15, 0.2) is 24.3 Å². The number of hydrogen-bond acceptors (Lipinski definition) is 4. The van der Waals surface area contributed by atoms with E-state index in [1.807, 2.05) is 0 Å². The molecule has 0 aromatic heterocycles. The smallest absolute Gasteiger partial charge is 0.416 e. The molecule has 3 aliphatic heterocycles. The number of carboxylic acids is 1. The van der Waals surface area contributed by atoms with Gasteiger partial charge in [0.15, 0.2) is 5.79 Å². The Morgan fingerprint density at radius 3 is 2.16 bits per heavy atom. The van der Waals surface area contributed by atoms with Gasteiger partial charge in [-0.3, -0.25) is 4.79 Å². The highest BCUT2D eigenvalue weighted by molar-refractivity contribution is 5.77. The minimum atomic E-state index is -4.44. The number of carbonyl (C=O) groups is 2. The molecule has 3 heterocycles. The molecule has 1 spiro atoms.